The van der Waals surface area contributed by atoms with Crippen molar-refractivity contribution in [2.75, 3.05) is 38.2 Å². The van der Waals surface area contributed by atoms with E-state index in [4.69, 9.17) is 43.6 Å². The zero-order valence-electron chi connectivity index (χ0n) is 30.2. The molecule has 23 heteroatoms. The number of methoxy groups -OCH3 is 1. The number of esters is 1. The van der Waals surface area contributed by atoms with E-state index in [0.29, 0.717) is 40.8 Å². The number of fused-ring (bicyclic) bond motifs is 2. The molecule has 3 aliphatic heterocycles. The van der Waals surface area contributed by atoms with Crippen LogP contribution in [0.2, 0.25) is 9.36 Å². The van der Waals surface area contributed by atoms with Crippen LogP contribution in [-0.2, 0) is 46.6 Å². The fraction of sp³-hybridized carbons (Fsp3) is 0.412. The highest BCUT2D eigenvalue weighted by atomic mass is 35.5. The smallest absolute Gasteiger partial charge is 0.355 e. The van der Waals surface area contributed by atoms with Crippen molar-refractivity contribution in [1.82, 2.24) is 19.8 Å². The molecule has 3 atom stereocenters. The van der Waals surface area contributed by atoms with Crippen molar-refractivity contribution in [3.05, 3.63) is 54.4 Å². The molecule has 0 radical (unpaired) electrons. The van der Waals surface area contributed by atoms with Crippen LogP contribution < -0.4 is 16.5 Å². The van der Waals surface area contributed by atoms with Crippen LogP contribution in [0, 0.1) is 0 Å². The summed E-state index contributed by atoms with van der Waals surface area (Å²) >= 11 is 14.7. The van der Waals surface area contributed by atoms with Gasteiger partial charge in [0.05, 0.1) is 48.1 Å². The number of nitrogens with two attached hydrogens (primary N) is 1. The molecule has 0 spiro atoms. The maximum atomic E-state index is 13.9. The Morgan fingerprint density at radius 2 is 1.86 bits per heavy atom. The molecule has 5 heterocycles. The number of anilines is 1. The Hall–Kier alpha value is -5.09. The summed E-state index contributed by atoms with van der Waals surface area (Å²) < 4.78 is 7.12. The maximum absolute atomic E-state index is 13.9. The average molecular weight is 870 g/mol. The van der Waals surface area contributed by atoms with Gasteiger partial charge in [-0.05, 0) is 6.92 Å². The van der Waals surface area contributed by atoms with Gasteiger partial charge >= 0.3 is 17.9 Å². The second-order valence-corrected chi connectivity index (χ2v) is 16.6. The molecule has 3 aliphatic rings. The third-order valence-electron chi connectivity index (χ3n) is 9.89. The van der Waals surface area contributed by atoms with Gasteiger partial charge in [-0.15, -0.1) is 11.8 Å². The molecular formula is C34H36Cl2N7O12S2+. The number of nitrogens with zero attached hydrogens (tertiary/aromatic N) is 5. The zero-order valence-corrected chi connectivity index (χ0v) is 33.3. The van der Waals surface area contributed by atoms with Crippen molar-refractivity contribution in [3.8, 4) is 11.5 Å². The number of carboxylic acid groups (broad SMARTS) is 2. The Bertz CT molecular complexity index is 2320. The molecule has 19 nitrogen and oxygen atoms in total. The lowest BCUT2D eigenvalue weighted by Gasteiger charge is -2.50. The first-order valence-corrected chi connectivity index (χ1v) is 19.9. The fourth-order valence-corrected chi connectivity index (χ4v) is 9.79. The number of oxime groups is 1. The number of aromatic nitrogens is 2. The average Bonchev–Trinajstić information content (AvgIpc) is 3.77. The third kappa shape index (κ3) is 7.93. The SMILES string of the molecule is CCn1cc(C[N+]2(CC3=C(C(=O)OC)N4C(=O)C(NC(=O)C(=NOC(CC(=O)O)C(=O)O)c5nc(N)sc5Cl)C4SC3)CCCC2)c(=O)c2c(Cl)c(O)c(O)cc21. The Morgan fingerprint density at radius 1 is 1.16 bits per heavy atom. The number of halogens is 2. The highest BCUT2D eigenvalue weighted by molar-refractivity contribution is 8.00. The first-order chi connectivity index (χ1) is 27.0. The van der Waals surface area contributed by atoms with E-state index in [1.54, 1.807) is 10.8 Å². The summed E-state index contributed by atoms with van der Waals surface area (Å²) in [4.78, 5) is 87.7. The Labute approximate surface area is 340 Å². The van der Waals surface area contributed by atoms with Crippen LogP contribution in [0.4, 0.5) is 5.13 Å². The Balaban J connectivity index is 1.29. The number of phenols is 2. The maximum Gasteiger partial charge on any atom is 0.355 e. The number of nitrogens with one attached hydrogen (secondary N) is 1. The van der Waals surface area contributed by atoms with E-state index >= 15 is 0 Å². The molecule has 304 valence electrons. The van der Waals surface area contributed by atoms with Crippen LogP contribution in [-0.4, -0.2) is 125 Å². The van der Waals surface area contributed by atoms with Crippen molar-refractivity contribution in [2.45, 2.75) is 56.8 Å². The number of ether oxygens (including phenoxy) is 1. The van der Waals surface area contributed by atoms with Crippen LogP contribution in [0.25, 0.3) is 10.9 Å². The Morgan fingerprint density at radius 3 is 2.46 bits per heavy atom. The standard InChI is InChI=1S/C34H35Cl2N7O12S2/c1-3-41-10-14(26(47)20-16(41)8-17(44)27(48)21(20)35)11-43(6-4-5-7-43)12-15-13-56-31-24(30(50)42(31)25(15)33(53)54-2)38-29(49)23(22-28(36)57-34(37)39-22)40-55-18(32(51)52)9-19(45)46/h8,10,18,24,31H,3-7,9,11-13H2,1-2H3,(H6-,37,38,39,40,44,45,46,47,48,49,51,52)/p+1. The molecule has 6 rings (SSSR count). The molecule has 3 unspecified atom stereocenters. The minimum Gasteiger partial charge on any atom is -0.504 e. The summed E-state index contributed by atoms with van der Waals surface area (Å²) in [5.41, 5.74) is 5.70. The molecule has 2 saturated heterocycles. The van der Waals surface area contributed by atoms with Gasteiger partial charge in [0.1, 0.15) is 40.2 Å². The summed E-state index contributed by atoms with van der Waals surface area (Å²) in [6.07, 6.45) is 0.363. The summed E-state index contributed by atoms with van der Waals surface area (Å²) in [7, 11) is 1.17. The number of carbonyl (C=O) groups excluding carboxylic acids is 3. The second-order valence-electron chi connectivity index (χ2n) is 13.5. The number of hydrogen-bond donors (Lipinski definition) is 6. The van der Waals surface area contributed by atoms with Crippen molar-refractivity contribution in [3.63, 3.8) is 0 Å². The van der Waals surface area contributed by atoms with E-state index < -0.39 is 76.3 Å². The first-order valence-electron chi connectivity index (χ1n) is 17.3. The van der Waals surface area contributed by atoms with E-state index in [-0.39, 0.29) is 50.1 Å². The normalized spacial score (nSPS) is 19.5. The van der Waals surface area contributed by atoms with Gasteiger partial charge in [-0.25, -0.2) is 14.6 Å². The van der Waals surface area contributed by atoms with E-state index in [1.165, 1.54) is 29.8 Å². The number of aliphatic carboxylic acids is 2. The predicted octanol–water partition coefficient (Wildman–Crippen LogP) is 2.06. The van der Waals surface area contributed by atoms with Gasteiger partial charge in [0.25, 0.3) is 11.8 Å². The van der Waals surface area contributed by atoms with Crippen LogP contribution in [0.1, 0.15) is 37.4 Å². The fourth-order valence-electron chi connectivity index (χ4n) is 7.25. The molecule has 2 fully saturated rings. The number of hydrogen-bond acceptors (Lipinski definition) is 15. The third-order valence-corrected chi connectivity index (χ3v) is 12.7. The topological polar surface area (TPSA) is 273 Å². The largest absolute Gasteiger partial charge is 0.504 e. The number of pyridine rings is 1. The monoisotopic (exact) mass is 868 g/mol. The number of aryl methyl sites for hydroxylation is 1. The van der Waals surface area contributed by atoms with Gasteiger partial charge in [0.15, 0.2) is 27.8 Å². The quantitative estimate of drug-likeness (QED) is 0.0338. The van der Waals surface area contributed by atoms with Crippen molar-refractivity contribution in [2.24, 2.45) is 5.16 Å². The number of quaternary nitrogens is 1. The molecule has 3 aromatic rings. The number of likely N-dealkylation sites (tertiary alicyclic amines) is 1. The van der Waals surface area contributed by atoms with Crippen LogP contribution in [0.15, 0.2) is 33.5 Å². The van der Waals surface area contributed by atoms with Crippen LogP contribution in [0.3, 0.4) is 0 Å². The molecule has 0 saturated carbocycles. The van der Waals surface area contributed by atoms with Gasteiger partial charge in [-0.2, -0.15) is 0 Å². The summed E-state index contributed by atoms with van der Waals surface area (Å²) in [6.45, 7) is 4.06. The van der Waals surface area contributed by atoms with E-state index in [9.17, 15) is 44.1 Å². The molecule has 2 amide bonds. The number of carbonyl (C=O) groups is 5. The molecule has 7 N–H and O–H groups in total. The van der Waals surface area contributed by atoms with E-state index in [1.807, 2.05) is 6.92 Å². The Kier molecular flexibility index (Phi) is 12.0. The van der Waals surface area contributed by atoms with Gasteiger partial charge in [-0.3, -0.25) is 24.1 Å². The predicted molar refractivity (Wildman–Crippen MR) is 207 cm³/mol. The molecule has 2 aromatic heterocycles. The number of aromatic hydroxyl groups is 2. The lowest BCUT2D eigenvalue weighted by atomic mass is 10.0. The number of nitrogen functional groups attached to an aromatic ring is 1. The van der Waals surface area contributed by atoms with Crippen LogP contribution >= 0.6 is 46.3 Å². The number of rotatable bonds is 14. The first kappa shape index (κ1) is 41.5. The number of thiazole rings is 1. The lowest BCUT2D eigenvalue weighted by Crippen LogP contribution is -2.71. The second kappa shape index (κ2) is 16.4. The summed E-state index contributed by atoms with van der Waals surface area (Å²) in [5.74, 6) is -6.55. The highest BCUT2D eigenvalue weighted by Gasteiger charge is 2.55. The summed E-state index contributed by atoms with van der Waals surface area (Å²) in [5, 5.41) is 44.1. The summed E-state index contributed by atoms with van der Waals surface area (Å²) in [6, 6.07) is 0.0651. The highest BCUT2D eigenvalue weighted by Crippen LogP contribution is 2.43. The van der Waals surface area contributed by atoms with Gasteiger partial charge in [-0.1, -0.05) is 39.7 Å². The van der Waals surface area contributed by atoms with Crippen molar-refractivity contribution >= 4 is 97.8 Å². The number of benzene rings is 1. The minimum absolute atomic E-state index is 0.000384. The van der Waals surface area contributed by atoms with Crippen molar-refractivity contribution in [1.29, 1.82) is 0 Å². The molecule has 0 aliphatic carbocycles. The molecule has 57 heavy (non-hydrogen) atoms. The van der Waals surface area contributed by atoms with E-state index in [0.717, 1.165) is 24.2 Å². The van der Waals surface area contributed by atoms with Crippen LogP contribution in [0.5, 0.6) is 11.5 Å². The van der Waals surface area contributed by atoms with E-state index in [2.05, 4.69) is 15.5 Å². The number of β-lactam (4-membered cyclic amide) rings is 1. The van der Waals surface area contributed by atoms with Gasteiger partial charge in [0.2, 0.25) is 6.10 Å². The number of amides is 2. The lowest BCUT2D eigenvalue weighted by molar-refractivity contribution is -0.925. The number of thioether (sulfide) groups is 1. The molecular weight excluding hydrogens is 833 g/mol. The number of phenolic OH excluding ortho intramolecular Hbond substituents is 2. The molecule has 0 bridgehead atoms. The van der Waals surface area contributed by atoms with Gasteiger partial charge in [0, 0.05) is 43.0 Å². The molecule has 1 aromatic carbocycles. The zero-order chi connectivity index (χ0) is 41.5. The minimum atomic E-state index is -1.99. The van der Waals surface area contributed by atoms with Gasteiger partial charge < -0.3 is 50.1 Å². The van der Waals surface area contributed by atoms with Crippen molar-refractivity contribution < 1.29 is 58.5 Å². The number of carboxylic acids is 2.